The van der Waals surface area contributed by atoms with Crippen molar-refractivity contribution in [3.63, 3.8) is 0 Å². The van der Waals surface area contributed by atoms with Gasteiger partial charge in [0, 0.05) is 35.5 Å². The Hall–Kier alpha value is -3.61. The molecule has 31 heavy (non-hydrogen) atoms. The van der Waals surface area contributed by atoms with Crippen molar-refractivity contribution in [2.24, 2.45) is 10.8 Å². The van der Waals surface area contributed by atoms with E-state index >= 15 is 0 Å². The molecule has 160 valence electrons. The number of benzene rings is 2. The minimum absolute atomic E-state index is 0.108. The summed E-state index contributed by atoms with van der Waals surface area (Å²) in [4.78, 5) is 31.5. The number of para-hydroxylation sites is 1. The number of fused-ring (bicyclic) bond motifs is 1. The van der Waals surface area contributed by atoms with Crippen LogP contribution < -0.4 is 11.1 Å². The van der Waals surface area contributed by atoms with Crippen LogP contribution in [0, 0.1) is 0 Å². The van der Waals surface area contributed by atoms with Crippen LogP contribution in [0.25, 0.3) is 21.3 Å². The van der Waals surface area contributed by atoms with E-state index in [1.165, 1.54) is 0 Å². The lowest BCUT2D eigenvalue weighted by molar-refractivity contribution is -0.128. The van der Waals surface area contributed by atoms with Crippen LogP contribution in [0.15, 0.2) is 65.8 Å². The number of nitrogens with one attached hydrogen (secondary N) is 2. The van der Waals surface area contributed by atoms with Crippen LogP contribution in [0.1, 0.15) is 24.1 Å². The van der Waals surface area contributed by atoms with Crippen molar-refractivity contribution in [3.05, 3.63) is 82.4 Å². The SMILES string of the molecule is [N-]=[N+]=NCCCC(=O)[C@H](Cc1ccccc1)NC(=O)[C@@H](N)Cc1cc2ccccc2[nH]1. The fourth-order valence-corrected chi connectivity index (χ4v) is 3.49. The summed E-state index contributed by atoms with van der Waals surface area (Å²) in [5, 5.41) is 7.35. The highest BCUT2D eigenvalue weighted by Crippen LogP contribution is 2.15. The number of carbonyl (C=O) groups excluding carboxylic acids is 2. The van der Waals surface area contributed by atoms with Gasteiger partial charge in [-0.15, -0.1) is 0 Å². The number of Topliss-reactive ketones (excluding diaryl/α,β-unsaturated/α-hetero) is 1. The van der Waals surface area contributed by atoms with Crippen molar-refractivity contribution in [1.29, 1.82) is 0 Å². The molecule has 3 aromatic rings. The molecule has 1 heterocycles. The summed E-state index contributed by atoms with van der Waals surface area (Å²) in [7, 11) is 0. The van der Waals surface area contributed by atoms with Gasteiger partial charge in [-0.05, 0) is 41.5 Å². The third-order valence-corrected chi connectivity index (χ3v) is 5.09. The van der Waals surface area contributed by atoms with Crippen molar-refractivity contribution >= 4 is 22.6 Å². The number of carbonyl (C=O) groups is 2. The number of H-pyrrole nitrogens is 1. The second-order valence-electron chi connectivity index (χ2n) is 7.47. The van der Waals surface area contributed by atoms with Crippen LogP contribution in [0.3, 0.4) is 0 Å². The Morgan fingerprint density at radius 2 is 1.84 bits per heavy atom. The molecule has 3 rings (SSSR count). The smallest absolute Gasteiger partial charge is 0.237 e. The van der Waals surface area contributed by atoms with Gasteiger partial charge in [-0.1, -0.05) is 53.6 Å². The third kappa shape index (κ3) is 6.44. The Labute approximate surface area is 180 Å². The van der Waals surface area contributed by atoms with E-state index in [2.05, 4.69) is 20.3 Å². The molecule has 2 atom stereocenters. The molecular weight excluding hydrogens is 392 g/mol. The summed E-state index contributed by atoms with van der Waals surface area (Å²) in [5.74, 6) is -0.480. The lowest BCUT2D eigenvalue weighted by Gasteiger charge is -2.20. The molecule has 1 amide bonds. The zero-order chi connectivity index (χ0) is 22.1. The van der Waals surface area contributed by atoms with Crippen LogP contribution in [0.5, 0.6) is 0 Å². The molecule has 2 aromatic carbocycles. The lowest BCUT2D eigenvalue weighted by Crippen LogP contribution is -2.50. The van der Waals surface area contributed by atoms with Crippen LogP contribution in [-0.4, -0.2) is 35.3 Å². The zero-order valence-electron chi connectivity index (χ0n) is 17.2. The second kappa shape index (κ2) is 11.0. The van der Waals surface area contributed by atoms with Crippen LogP contribution in [0.2, 0.25) is 0 Å². The molecule has 8 nitrogen and oxygen atoms in total. The number of hydrogen-bond donors (Lipinski definition) is 3. The molecule has 0 aliphatic rings. The van der Waals surface area contributed by atoms with E-state index in [4.69, 9.17) is 11.3 Å². The molecule has 0 spiro atoms. The second-order valence-corrected chi connectivity index (χ2v) is 7.47. The molecule has 0 saturated heterocycles. The number of azide groups is 1. The van der Waals surface area contributed by atoms with Crippen LogP contribution in [0.4, 0.5) is 0 Å². The Kier molecular flexibility index (Phi) is 7.81. The average molecular weight is 419 g/mol. The maximum Gasteiger partial charge on any atom is 0.237 e. The molecule has 1 aromatic heterocycles. The van der Waals surface area contributed by atoms with Gasteiger partial charge in [0.15, 0.2) is 5.78 Å². The van der Waals surface area contributed by atoms with E-state index in [1.54, 1.807) is 0 Å². The number of amides is 1. The van der Waals surface area contributed by atoms with Crippen molar-refractivity contribution in [1.82, 2.24) is 10.3 Å². The van der Waals surface area contributed by atoms with Crippen LogP contribution in [-0.2, 0) is 22.4 Å². The Balaban J connectivity index is 1.65. The summed E-state index contributed by atoms with van der Waals surface area (Å²) >= 11 is 0. The number of nitrogens with two attached hydrogens (primary N) is 1. The molecule has 4 N–H and O–H groups in total. The molecule has 0 fully saturated rings. The Bertz CT molecular complexity index is 1040. The molecule has 0 saturated carbocycles. The first-order valence-corrected chi connectivity index (χ1v) is 10.3. The number of hydrogen-bond acceptors (Lipinski definition) is 4. The number of nitrogens with zero attached hydrogens (tertiary/aromatic N) is 3. The first-order chi connectivity index (χ1) is 15.1. The van der Waals surface area contributed by atoms with E-state index in [9.17, 15) is 9.59 Å². The number of aromatic nitrogens is 1. The zero-order valence-corrected chi connectivity index (χ0v) is 17.2. The van der Waals surface area contributed by atoms with E-state index in [0.717, 1.165) is 22.2 Å². The molecule has 0 radical (unpaired) electrons. The molecule has 0 aliphatic carbocycles. The normalized spacial score (nSPS) is 12.7. The first kappa shape index (κ1) is 22.1. The van der Waals surface area contributed by atoms with Gasteiger partial charge in [-0.25, -0.2) is 0 Å². The quantitative estimate of drug-likeness (QED) is 0.190. The largest absolute Gasteiger partial charge is 0.358 e. The van der Waals surface area contributed by atoms with Gasteiger partial charge in [-0.2, -0.15) is 0 Å². The van der Waals surface area contributed by atoms with Crippen molar-refractivity contribution in [3.8, 4) is 0 Å². The maximum atomic E-state index is 12.8. The predicted molar refractivity (Wildman–Crippen MR) is 120 cm³/mol. The van der Waals surface area contributed by atoms with Gasteiger partial charge in [0.25, 0.3) is 0 Å². The topological polar surface area (TPSA) is 137 Å². The fraction of sp³-hybridized carbons (Fsp3) is 0.304. The first-order valence-electron chi connectivity index (χ1n) is 10.3. The van der Waals surface area contributed by atoms with Gasteiger partial charge < -0.3 is 16.0 Å². The maximum absolute atomic E-state index is 12.8. The molecule has 8 heteroatoms. The van der Waals surface area contributed by atoms with E-state index in [0.29, 0.717) is 19.3 Å². The van der Waals surface area contributed by atoms with Gasteiger partial charge >= 0.3 is 0 Å². The number of ketones is 1. The monoisotopic (exact) mass is 418 g/mol. The molecule has 0 unspecified atom stereocenters. The predicted octanol–water partition coefficient (Wildman–Crippen LogP) is 3.42. The summed E-state index contributed by atoms with van der Waals surface area (Å²) in [6.07, 6.45) is 1.37. The standard InChI is InChI=1S/C23H26N6O2/c24-19(15-18-14-17-9-4-5-10-20(17)27-18)23(31)28-21(13-16-7-2-1-3-8-16)22(30)11-6-12-26-29-25/h1-5,7-10,14,19,21,27H,6,11-13,15,24H2,(H,28,31)/t19-,21-/m0/s1. The van der Waals surface area contributed by atoms with Crippen molar-refractivity contribution in [2.45, 2.75) is 37.8 Å². The van der Waals surface area contributed by atoms with E-state index in [1.807, 2.05) is 60.7 Å². The molecular formula is C23H26N6O2. The van der Waals surface area contributed by atoms with Crippen molar-refractivity contribution in [2.75, 3.05) is 6.54 Å². The highest BCUT2D eigenvalue weighted by Gasteiger charge is 2.24. The Morgan fingerprint density at radius 1 is 1.10 bits per heavy atom. The minimum Gasteiger partial charge on any atom is -0.358 e. The average Bonchev–Trinajstić information content (AvgIpc) is 3.19. The molecule has 0 aliphatic heterocycles. The van der Waals surface area contributed by atoms with Crippen molar-refractivity contribution < 1.29 is 9.59 Å². The summed E-state index contributed by atoms with van der Waals surface area (Å²) in [6.45, 7) is 0.244. The van der Waals surface area contributed by atoms with Crippen LogP contribution >= 0.6 is 0 Å². The lowest BCUT2D eigenvalue weighted by atomic mass is 9.99. The summed E-state index contributed by atoms with van der Waals surface area (Å²) in [5.41, 5.74) is 17.3. The van der Waals surface area contributed by atoms with Gasteiger partial charge in [0.1, 0.15) is 0 Å². The third-order valence-electron chi connectivity index (χ3n) is 5.09. The number of rotatable bonds is 11. The minimum atomic E-state index is -0.790. The highest BCUT2D eigenvalue weighted by molar-refractivity contribution is 5.91. The summed E-state index contributed by atoms with van der Waals surface area (Å²) in [6, 6.07) is 17.9. The Morgan fingerprint density at radius 3 is 2.58 bits per heavy atom. The van der Waals surface area contributed by atoms with Gasteiger partial charge in [0.2, 0.25) is 5.91 Å². The van der Waals surface area contributed by atoms with E-state index < -0.39 is 12.1 Å². The summed E-state index contributed by atoms with van der Waals surface area (Å²) < 4.78 is 0. The van der Waals surface area contributed by atoms with Gasteiger partial charge in [-0.3, -0.25) is 9.59 Å². The van der Waals surface area contributed by atoms with E-state index in [-0.39, 0.29) is 24.7 Å². The van der Waals surface area contributed by atoms with Gasteiger partial charge in [0.05, 0.1) is 12.1 Å². The number of aromatic amines is 1. The fourth-order valence-electron chi connectivity index (χ4n) is 3.49. The highest BCUT2D eigenvalue weighted by atomic mass is 16.2. The molecule has 0 bridgehead atoms.